The van der Waals surface area contributed by atoms with Crippen molar-refractivity contribution in [3.05, 3.63) is 12.2 Å². The minimum atomic E-state index is 0.438. The van der Waals surface area contributed by atoms with E-state index in [-0.39, 0.29) is 0 Å². The molecule has 138 valence electrons. The number of guanidine groups is 1. The lowest BCUT2D eigenvalue weighted by Gasteiger charge is -2.19. The first-order valence-electron chi connectivity index (χ1n) is 9.48. The smallest absolute Gasteiger partial charge is 0.191 e. The quantitative estimate of drug-likeness (QED) is 0.481. The summed E-state index contributed by atoms with van der Waals surface area (Å²) in [6, 6.07) is 0.438. The molecule has 0 saturated heterocycles. The molecule has 0 aliphatic carbocycles. The van der Waals surface area contributed by atoms with Crippen LogP contribution in [0.4, 0.5) is 0 Å². The van der Waals surface area contributed by atoms with Gasteiger partial charge in [0.25, 0.3) is 0 Å². The van der Waals surface area contributed by atoms with Gasteiger partial charge in [0.15, 0.2) is 5.96 Å². The minimum absolute atomic E-state index is 0.438. The first-order valence-corrected chi connectivity index (χ1v) is 9.48. The molecule has 0 bridgehead atoms. The fraction of sp³-hybridized carbons (Fsp3) is 0.833. The van der Waals surface area contributed by atoms with Crippen molar-refractivity contribution in [1.82, 2.24) is 25.4 Å². The second-order valence-electron chi connectivity index (χ2n) is 6.82. The van der Waals surface area contributed by atoms with Crippen molar-refractivity contribution < 1.29 is 0 Å². The second kappa shape index (κ2) is 11.9. The third kappa shape index (κ3) is 8.31. The number of aromatic nitrogens is 3. The zero-order valence-corrected chi connectivity index (χ0v) is 16.2. The van der Waals surface area contributed by atoms with Crippen LogP contribution in [0.15, 0.2) is 11.3 Å². The Labute approximate surface area is 147 Å². The molecule has 0 aliphatic rings. The molecule has 1 aromatic rings. The molecule has 6 nitrogen and oxygen atoms in total. The number of rotatable bonds is 11. The molecule has 0 aliphatic heterocycles. The van der Waals surface area contributed by atoms with Crippen LogP contribution < -0.4 is 10.6 Å². The van der Waals surface area contributed by atoms with Crippen LogP contribution in [-0.4, -0.2) is 39.9 Å². The van der Waals surface area contributed by atoms with Crippen molar-refractivity contribution in [2.24, 2.45) is 10.9 Å². The maximum Gasteiger partial charge on any atom is 0.191 e. The maximum atomic E-state index is 4.64. The summed E-state index contributed by atoms with van der Waals surface area (Å²) < 4.78 is 2.09. The third-order valence-electron chi connectivity index (χ3n) is 3.95. The predicted octanol–water partition coefficient (Wildman–Crippen LogP) is 3.00. The molecule has 1 rings (SSSR count). The highest BCUT2D eigenvalue weighted by Crippen LogP contribution is 2.08. The van der Waals surface area contributed by atoms with Gasteiger partial charge in [-0.05, 0) is 25.7 Å². The first kappa shape index (κ1) is 20.5. The zero-order chi connectivity index (χ0) is 17.8. The molecule has 0 radical (unpaired) electrons. The van der Waals surface area contributed by atoms with E-state index < -0.39 is 0 Å². The summed E-state index contributed by atoms with van der Waals surface area (Å²) in [5, 5.41) is 15.1. The summed E-state index contributed by atoms with van der Waals surface area (Å²) in [7, 11) is 0. The SMILES string of the molecule is CCCN=C(NCCn1cnnc1CC)NC(C)CCCC(C)C. The summed E-state index contributed by atoms with van der Waals surface area (Å²) in [5.41, 5.74) is 0. The van der Waals surface area contributed by atoms with Crippen molar-refractivity contribution in [2.75, 3.05) is 13.1 Å². The Hall–Kier alpha value is -1.59. The standard InChI is InChI=1S/C18H36N6/c1-6-11-19-18(22-16(5)10-8-9-15(3)4)20-12-13-24-14-21-23-17(24)7-2/h14-16H,6-13H2,1-5H3,(H2,19,20,22). The summed E-state index contributed by atoms with van der Waals surface area (Å²) in [5.74, 6) is 2.72. The minimum Gasteiger partial charge on any atom is -0.355 e. The van der Waals surface area contributed by atoms with E-state index in [4.69, 9.17) is 0 Å². The van der Waals surface area contributed by atoms with Crippen molar-refractivity contribution >= 4 is 5.96 Å². The lowest BCUT2D eigenvalue weighted by molar-refractivity contribution is 0.490. The Kier molecular flexibility index (Phi) is 10.1. The van der Waals surface area contributed by atoms with E-state index in [0.29, 0.717) is 6.04 Å². The molecular weight excluding hydrogens is 300 g/mol. The first-order chi connectivity index (χ1) is 11.6. The van der Waals surface area contributed by atoms with Crippen molar-refractivity contribution in [1.29, 1.82) is 0 Å². The van der Waals surface area contributed by atoms with Gasteiger partial charge in [-0.15, -0.1) is 10.2 Å². The summed E-state index contributed by atoms with van der Waals surface area (Å²) >= 11 is 0. The Balaban J connectivity index is 2.41. The van der Waals surface area contributed by atoms with Crippen molar-refractivity contribution in [2.45, 2.75) is 79.3 Å². The van der Waals surface area contributed by atoms with Gasteiger partial charge in [-0.2, -0.15) is 0 Å². The van der Waals surface area contributed by atoms with Crippen LogP contribution in [0.3, 0.4) is 0 Å². The fourth-order valence-corrected chi connectivity index (χ4v) is 2.55. The van der Waals surface area contributed by atoms with Crippen LogP contribution in [0.2, 0.25) is 0 Å². The van der Waals surface area contributed by atoms with Crippen molar-refractivity contribution in [3.8, 4) is 0 Å². The van der Waals surface area contributed by atoms with Gasteiger partial charge in [0, 0.05) is 32.1 Å². The Morgan fingerprint density at radius 3 is 2.71 bits per heavy atom. The average molecular weight is 337 g/mol. The molecule has 0 aromatic carbocycles. The number of hydrogen-bond acceptors (Lipinski definition) is 3. The van der Waals surface area contributed by atoms with Gasteiger partial charge in [0.05, 0.1) is 0 Å². The highest BCUT2D eigenvalue weighted by Gasteiger charge is 2.07. The van der Waals surface area contributed by atoms with Gasteiger partial charge >= 0.3 is 0 Å². The molecule has 1 heterocycles. The molecule has 0 spiro atoms. The molecular formula is C18H36N6. The average Bonchev–Trinajstić information content (AvgIpc) is 2.99. The van der Waals surface area contributed by atoms with Crippen molar-refractivity contribution in [3.63, 3.8) is 0 Å². The monoisotopic (exact) mass is 336 g/mol. The highest BCUT2D eigenvalue weighted by molar-refractivity contribution is 5.80. The van der Waals surface area contributed by atoms with E-state index >= 15 is 0 Å². The van der Waals surface area contributed by atoms with Gasteiger partial charge in [-0.3, -0.25) is 4.99 Å². The zero-order valence-electron chi connectivity index (χ0n) is 16.2. The largest absolute Gasteiger partial charge is 0.355 e. The van der Waals surface area contributed by atoms with E-state index in [2.05, 4.69) is 65.0 Å². The molecule has 24 heavy (non-hydrogen) atoms. The van der Waals surface area contributed by atoms with E-state index in [0.717, 1.165) is 50.2 Å². The van der Waals surface area contributed by atoms with Gasteiger partial charge in [0.2, 0.25) is 0 Å². The molecule has 0 fully saturated rings. The molecule has 1 aromatic heterocycles. The molecule has 0 saturated carbocycles. The number of nitrogens with zero attached hydrogens (tertiary/aromatic N) is 4. The summed E-state index contributed by atoms with van der Waals surface area (Å²) in [6.07, 6.45) is 7.48. The molecule has 1 atom stereocenters. The van der Waals surface area contributed by atoms with Crippen LogP contribution in [-0.2, 0) is 13.0 Å². The van der Waals surface area contributed by atoms with Crippen LogP contribution >= 0.6 is 0 Å². The van der Waals surface area contributed by atoms with Crippen LogP contribution in [0, 0.1) is 5.92 Å². The number of nitrogens with one attached hydrogen (secondary N) is 2. The third-order valence-corrected chi connectivity index (χ3v) is 3.95. The van der Waals surface area contributed by atoms with Crippen LogP contribution in [0.25, 0.3) is 0 Å². The Bertz CT molecular complexity index is 466. The summed E-state index contributed by atoms with van der Waals surface area (Å²) in [4.78, 5) is 4.64. The maximum absolute atomic E-state index is 4.64. The molecule has 6 heteroatoms. The molecule has 0 amide bonds. The fourth-order valence-electron chi connectivity index (χ4n) is 2.55. The second-order valence-corrected chi connectivity index (χ2v) is 6.82. The lowest BCUT2D eigenvalue weighted by Crippen LogP contribution is -2.43. The van der Waals surface area contributed by atoms with Gasteiger partial charge in [0.1, 0.15) is 12.2 Å². The normalized spacial score (nSPS) is 13.3. The van der Waals surface area contributed by atoms with Gasteiger partial charge in [-0.1, -0.05) is 40.5 Å². The topological polar surface area (TPSA) is 67.1 Å². The number of aliphatic imine (C=N–C) groups is 1. The van der Waals surface area contributed by atoms with Gasteiger partial charge < -0.3 is 15.2 Å². The number of hydrogen-bond donors (Lipinski definition) is 2. The van der Waals surface area contributed by atoms with Crippen LogP contribution in [0.1, 0.15) is 66.1 Å². The lowest BCUT2D eigenvalue weighted by atomic mass is 10.0. The van der Waals surface area contributed by atoms with Gasteiger partial charge in [-0.25, -0.2) is 0 Å². The number of aryl methyl sites for hydroxylation is 1. The Morgan fingerprint density at radius 2 is 2.04 bits per heavy atom. The van der Waals surface area contributed by atoms with E-state index in [1.54, 1.807) is 6.33 Å². The van der Waals surface area contributed by atoms with E-state index in [9.17, 15) is 0 Å². The Morgan fingerprint density at radius 1 is 1.25 bits per heavy atom. The van der Waals surface area contributed by atoms with E-state index in [1.807, 2.05) is 0 Å². The van der Waals surface area contributed by atoms with E-state index in [1.165, 1.54) is 19.3 Å². The molecule has 1 unspecified atom stereocenters. The van der Waals surface area contributed by atoms with Crippen LogP contribution in [0.5, 0.6) is 0 Å². The predicted molar refractivity (Wildman–Crippen MR) is 101 cm³/mol. The molecule has 2 N–H and O–H groups in total. The highest BCUT2D eigenvalue weighted by atomic mass is 15.3. The summed E-state index contributed by atoms with van der Waals surface area (Å²) in [6.45, 7) is 13.6.